The molecule has 0 fully saturated rings. The smallest absolute Gasteiger partial charge is 0.119 e. The van der Waals surface area contributed by atoms with E-state index in [1.807, 2.05) is 31.2 Å². The van der Waals surface area contributed by atoms with Crippen LogP contribution in [0.15, 0.2) is 29.4 Å². The molecule has 0 amide bonds. The summed E-state index contributed by atoms with van der Waals surface area (Å²) < 4.78 is 11.4. The van der Waals surface area contributed by atoms with E-state index >= 15 is 0 Å². The number of rotatable bonds is 10. The van der Waals surface area contributed by atoms with Crippen molar-refractivity contribution in [2.24, 2.45) is 5.16 Å². The Hall–Kier alpha value is -1.71. The molecule has 0 heterocycles. The normalized spacial score (nSPS) is 11.0. The highest BCUT2D eigenvalue weighted by Crippen LogP contribution is 2.20. The van der Waals surface area contributed by atoms with E-state index in [0.717, 1.165) is 30.8 Å². The summed E-state index contributed by atoms with van der Waals surface area (Å²) >= 11 is 0. The van der Waals surface area contributed by atoms with Gasteiger partial charge in [0, 0.05) is 12.6 Å². The van der Waals surface area contributed by atoms with Crippen molar-refractivity contribution in [3.63, 3.8) is 0 Å². The maximum Gasteiger partial charge on any atom is 0.119 e. The second-order valence-electron chi connectivity index (χ2n) is 4.37. The monoisotopic (exact) mass is 279 g/mol. The Morgan fingerprint density at radius 2 is 1.70 bits per heavy atom. The van der Waals surface area contributed by atoms with Gasteiger partial charge in [0.2, 0.25) is 0 Å². The van der Waals surface area contributed by atoms with E-state index in [9.17, 15) is 0 Å². The second-order valence-corrected chi connectivity index (χ2v) is 4.37. The molecule has 0 radical (unpaired) electrons. The van der Waals surface area contributed by atoms with Crippen LogP contribution in [0.4, 0.5) is 0 Å². The SMILES string of the molecule is CCO/N=C/CCOc1ccc(OC(CC)CC)cc1. The number of hydrogen-bond donors (Lipinski definition) is 0. The molecule has 0 aromatic heterocycles. The van der Waals surface area contributed by atoms with Crippen LogP contribution in [0.1, 0.15) is 40.0 Å². The highest BCUT2D eigenvalue weighted by Gasteiger charge is 2.04. The van der Waals surface area contributed by atoms with Crippen molar-refractivity contribution in [2.75, 3.05) is 13.2 Å². The zero-order valence-electron chi connectivity index (χ0n) is 12.7. The highest BCUT2D eigenvalue weighted by molar-refractivity contribution is 5.56. The largest absolute Gasteiger partial charge is 0.493 e. The Bertz CT molecular complexity index is 372. The first-order valence-corrected chi connectivity index (χ1v) is 7.33. The van der Waals surface area contributed by atoms with Gasteiger partial charge in [0.05, 0.1) is 12.7 Å². The maximum absolute atomic E-state index is 5.84. The average Bonchev–Trinajstić information content (AvgIpc) is 2.49. The Balaban J connectivity index is 2.31. The molecule has 0 unspecified atom stereocenters. The summed E-state index contributed by atoms with van der Waals surface area (Å²) in [5.74, 6) is 1.73. The first kappa shape index (κ1) is 16.3. The van der Waals surface area contributed by atoms with E-state index in [2.05, 4.69) is 19.0 Å². The first-order valence-electron chi connectivity index (χ1n) is 7.33. The summed E-state index contributed by atoms with van der Waals surface area (Å²) in [6.07, 6.45) is 4.78. The molecule has 4 nitrogen and oxygen atoms in total. The number of benzene rings is 1. The number of nitrogens with zero attached hydrogens (tertiary/aromatic N) is 1. The molecule has 0 bridgehead atoms. The summed E-state index contributed by atoms with van der Waals surface area (Å²) in [6, 6.07) is 7.75. The van der Waals surface area contributed by atoms with E-state index in [4.69, 9.17) is 14.3 Å². The van der Waals surface area contributed by atoms with E-state index < -0.39 is 0 Å². The minimum absolute atomic E-state index is 0.288. The summed E-state index contributed by atoms with van der Waals surface area (Å²) in [4.78, 5) is 4.86. The molecular formula is C16H25NO3. The van der Waals surface area contributed by atoms with Gasteiger partial charge < -0.3 is 14.3 Å². The fourth-order valence-corrected chi connectivity index (χ4v) is 1.67. The van der Waals surface area contributed by atoms with Crippen molar-refractivity contribution in [3.8, 4) is 11.5 Å². The van der Waals surface area contributed by atoms with Crippen LogP contribution in [-0.2, 0) is 4.84 Å². The molecule has 112 valence electrons. The van der Waals surface area contributed by atoms with Gasteiger partial charge in [-0.2, -0.15) is 0 Å². The maximum atomic E-state index is 5.84. The molecule has 20 heavy (non-hydrogen) atoms. The predicted molar refractivity (Wildman–Crippen MR) is 81.7 cm³/mol. The predicted octanol–water partition coefficient (Wildman–Crippen LogP) is 4.05. The Labute approximate surface area is 121 Å². The summed E-state index contributed by atoms with van der Waals surface area (Å²) in [5.41, 5.74) is 0. The molecule has 4 heteroatoms. The molecule has 1 aromatic carbocycles. The lowest BCUT2D eigenvalue weighted by Gasteiger charge is -2.15. The van der Waals surface area contributed by atoms with Gasteiger partial charge in [-0.3, -0.25) is 0 Å². The van der Waals surface area contributed by atoms with E-state index in [1.165, 1.54) is 0 Å². The number of hydrogen-bond acceptors (Lipinski definition) is 4. The molecule has 0 aliphatic rings. The third kappa shape index (κ3) is 6.45. The summed E-state index contributed by atoms with van der Waals surface area (Å²) in [6.45, 7) is 7.35. The average molecular weight is 279 g/mol. The van der Waals surface area contributed by atoms with Gasteiger partial charge in [-0.25, -0.2) is 0 Å². The van der Waals surface area contributed by atoms with E-state index in [0.29, 0.717) is 13.2 Å². The van der Waals surface area contributed by atoms with Gasteiger partial charge in [0.25, 0.3) is 0 Å². The van der Waals surface area contributed by atoms with Crippen molar-refractivity contribution < 1.29 is 14.3 Å². The molecule has 0 saturated carbocycles. The third-order valence-corrected chi connectivity index (χ3v) is 2.83. The molecule has 0 aliphatic heterocycles. The number of ether oxygens (including phenoxy) is 2. The van der Waals surface area contributed by atoms with Crippen LogP contribution in [-0.4, -0.2) is 25.5 Å². The molecule has 1 rings (SSSR count). The highest BCUT2D eigenvalue weighted by atomic mass is 16.6. The van der Waals surface area contributed by atoms with Crippen molar-refractivity contribution >= 4 is 6.21 Å². The summed E-state index contributed by atoms with van der Waals surface area (Å²) in [7, 11) is 0. The van der Waals surface area contributed by atoms with E-state index in [1.54, 1.807) is 6.21 Å². The topological polar surface area (TPSA) is 40.0 Å². The fourth-order valence-electron chi connectivity index (χ4n) is 1.67. The molecule has 0 saturated heterocycles. The Morgan fingerprint density at radius 3 is 2.30 bits per heavy atom. The van der Waals surface area contributed by atoms with Crippen LogP contribution in [0, 0.1) is 0 Å². The lowest BCUT2D eigenvalue weighted by Crippen LogP contribution is -2.13. The van der Waals surface area contributed by atoms with Gasteiger partial charge >= 0.3 is 0 Å². The zero-order chi connectivity index (χ0) is 14.6. The van der Waals surface area contributed by atoms with Gasteiger partial charge in [-0.05, 0) is 44.0 Å². The minimum Gasteiger partial charge on any atom is -0.493 e. The van der Waals surface area contributed by atoms with Crippen LogP contribution in [0.3, 0.4) is 0 Å². The van der Waals surface area contributed by atoms with Crippen LogP contribution < -0.4 is 9.47 Å². The molecule has 1 aromatic rings. The van der Waals surface area contributed by atoms with Crippen LogP contribution in [0.2, 0.25) is 0 Å². The molecule has 0 atom stereocenters. The lowest BCUT2D eigenvalue weighted by atomic mass is 10.2. The second kappa shape index (κ2) is 10.1. The van der Waals surface area contributed by atoms with Gasteiger partial charge in [0.1, 0.15) is 18.1 Å². The number of oxime groups is 1. The van der Waals surface area contributed by atoms with Crippen molar-refractivity contribution in [2.45, 2.75) is 46.1 Å². The molecule has 0 spiro atoms. The minimum atomic E-state index is 0.288. The van der Waals surface area contributed by atoms with Crippen molar-refractivity contribution in [3.05, 3.63) is 24.3 Å². The Kier molecular flexibility index (Phi) is 8.27. The third-order valence-electron chi connectivity index (χ3n) is 2.83. The summed E-state index contributed by atoms with van der Waals surface area (Å²) in [5, 5.41) is 3.76. The zero-order valence-corrected chi connectivity index (χ0v) is 12.7. The van der Waals surface area contributed by atoms with E-state index in [-0.39, 0.29) is 6.10 Å². The molecule has 0 aliphatic carbocycles. The van der Waals surface area contributed by atoms with Crippen LogP contribution in [0.5, 0.6) is 11.5 Å². The lowest BCUT2D eigenvalue weighted by molar-refractivity contribution is 0.159. The van der Waals surface area contributed by atoms with Crippen molar-refractivity contribution in [1.29, 1.82) is 0 Å². The standard InChI is InChI=1S/C16H25NO3/c1-4-14(5-2)20-16-10-8-15(9-11-16)18-13-7-12-17-19-6-3/h8-12,14H,4-7,13H2,1-3H3/b17-12+. The first-order chi connectivity index (χ1) is 9.80. The quantitative estimate of drug-likeness (QED) is 0.368. The molecular weight excluding hydrogens is 254 g/mol. The molecule has 0 N–H and O–H groups in total. The van der Waals surface area contributed by atoms with Gasteiger partial charge in [0.15, 0.2) is 0 Å². The van der Waals surface area contributed by atoms with Crippen LogP contribution >= 0.6 is 0 Å². The fraction of sp³-hybridized carbons (Fsp3) is 0.562. The van der Waals surface area contributed by atoms with Gasteiger partial charge in [-0.1, -0.05) is 19.0 Å². The van der Waals surface area contributed by atoms with Crippen LogP contribution in [0.25, 0.3) is 0 Å². The van der Waals surface area contributed by atoms with Gasteiger partial charge in [-0.15, -0.1) is 0 Å². The van der Waals surface area contributed by atoms with Crippen molar-refractivity contribution in [1.82, 2.24) is 0 Å². The Morgan fingerprint density at radius 1 is 1.05 bits per heavy atom.